The van der Waals surface area contributed by atoms with Crippen LogP contribution in [0.4, 0.5) is 0 Å². The van der Waals surface area contributed by atoms with Crippen molar-refractivity contribution in [2.75, 3.05) is 14.2 Å². The number of aromatic nitrogens is 1. The number of carboxylic acids is 1. The summed E-state index contributed by atoms with van der Waals surface area (Å²) in [5, 5.41) is 10.3. The van der Waals surface area contributed by atoms with Crippen LogP contribution in [0.25, 0.3) is 22.2 Å². The minimum absolute atomic E-state index is 0.228. The van der Waals surface area contributed by atoms with Crippen molar-refractivity contribution in [3.05, 3.63) is 47.5 Å². The molecule has 3 aromatic rings. The Morgan fingerprint density at radius 3 is 2.31 bits per heavy atom. The van der Waals surface area contributed by atoms with Gasteiger partial charge in [-0.3, -0.25) is 0 Å². The highest BCUT2D eigenvalue weighted by atomic mass is 16.5. The molecule has 0 bridgehead atoms. The molecule has 0 aliphatic carbocycles. The highest BCUT2D eigenvalue weighted by Gasteiger charge is 2.21. The molecule has 1 N–H and O–H groups in total. The lowest BCUT2D eigenvalue weighted by Crippen LogP contribution is -1.97. The molecular weight excluding hydrogens is 330 g/mol. The van der Waals surface area contributed by atoms with Crippen LogP contribution in [0.3, 0.4) is 0 Å². The third-order valence-electron chi connectivity index (χ3n) is 4.72. The molecule has 0 fully saturated rings. The van der Waals surface area contributed by atoms with Gasteiger partial charge in [-0.25, -0.2) is 4.79 Å². The standard InChI is InChI=1S/C21H23NO4/c1-12(2)19-15-10-14(21(23)24)6-8-16(15)22(3)20(19)13-7-9-17(25-4)18(11-13)26-5/h6-12H,1-5H3,(H,23,24). The topological polar surface area (TPSA) is 60.7 Å². The van der Waals surface area contributed by atoms with E-state index in [0.29, 0.717) is 17.1 Å². The van der Waals surface area contributed by atoms with Crippen LogP contribution in [-0.2, 0) is 7.05 Å². The van der Waals surface area contributed by atoms with Gasteiger partial charge in [0.1, 0.15) is 0 Å². The van der Waals surface area contributed by atoms with E-state index in [9.17, 15) is 9.90 Å². The SMILES string of the molecule is COc1ccc(-c2c(C(C)C)c3cc(C(=O)O)ccc3n2C)cc1OC. The summed E-state index contributed by atoms with van der Waals surface area (Å²) >= 11 is 0. The van der Waals surface area contributed by atoms with E-state index in [1.54, 1.807) is 26.4 Å². The molecular formula is C21H23NO4. The van der Waals surface area contributed by atoms with E-state index in [1.807, 2.05) is 31.3 Å². The molecule has 0 unspecified atom stereocenters. The first-order chi connectivity index (χ1) is 12.4. The van der Waals surface area contributed by atoms with Gasteiger partial charge < -0.3 is 19.1 Å². The molecule has 0 atom stereocenters. The molecule has 136 valence electrons. The largest absolute Gasteiger partial charge is 0.493 e. The number of hydrogen-bond acceptors (Lipinski definition) is 3. The highest BCUT2D eigenvalue weighted by molar-refractivity contribution is 5.98. The molecule has 0 amide bonds. The van der Waals surface area contributed by atoms with Gasteiger partial charge in [0.2, 0.25) is 0 Å². The fourth-order valence-electron chi connectivity index (χ4n) is 3.52. The fraction of sp³-hybridized carbons (Fsp3) is 0.286. The van der Waals surface area contributed by atoms with Crippen LogP contribution in [0.2, 0.25) is 0 Å². The van der Waals surface area contributed by atoms with Gasteiger partial charge in [-0.15, -0.1) is 0 Å². The number of rotatable bonds is 5. The Bertz CT molecular complexity index is 985. The predicted octanol–water partition coefficient (Wildman–Crippen LogP) is 4.68. The van der Waals surface area contributed by atoms with E-state index in [1.165, 1.54) is 0 Å². The van der Waals surface area contributed by atoms with Crippen molar-refractivity contribution in [2.45, 2.75) is 19.8 Å². The molecule has 5 nitrogen and oxygen atoms in total. The normalized spacial score (nSPS) is 11.2. The molecule has 0 radical (unpaired) electrons. The van der Waals surface area contributed by atoms with Gasteiger partial charge in [0.15, 0.2) is 11.5 Å². The van der Waals surface area contributed by atoms with Gasteiger partial charge in [0.25, 0.3) is 0 Å². The molecule has 26 heavy (non-hydrogen) atoms. The number of carboxylic acid groups (broad SMARTS) is 1. The molecule has 2 aromatic carbocycles. The van der Waals surface area contributed by atoms with E-state index in [-0.39, 0.29) is 5.92 Å². The first-order valence-electron chi connectivity index (χ1n) is 8.47. The van der Waals surface area contributed by atoms with Gasteiger partial charge in [0.05, 0.1) is 25.5 Å². The lowest BCUT2D eigenvalue weighted by molar-refractivity contribution is 0.0697. The Hall–Kier alpha value is -2.95. The van der Waals surface area contributed by atoms with E-state index in [4.69, 9.17) is 9.47 Å². The molecule has 1 heterocycles. The number of methoxy groups -OCH3 is 2. The number of ether oxygens (including phenoxy) is 2. The van der Waals surface area contributed by atoms with Crippen LogP contribution in [0, 0.1) is 0 Å². The molecule has 0 aliphatic heterocycles. The smallest absolute Gasteiger partial charge is 0.335 e. The quantitative estimate of drug-likeness (QED) is 0.723. The van der Waals surface area contributed by atoms with Crippen molar-refractivity contribution in [3.63, 3.8) is 0 Å². The highest BCUT2D eigenvalue weighted by Crippen LogP contribution is 2.40. The van der Waals surface area contributed by atoms with Crippen molar-refractivity contribution >= 4 is 16.9 Å². The van der Waals surface area contributed by atoms with E-state index < -0.39 is 5.97 Å². The third kappa shape index (κ3) is 2.79. The van der Waals surface area contributed by atoms with Gasteiger partial charge in [0, 0.05) is 23.5 Å². The zero-order valence-electron chi connectivity index (χ0n) is 15.7. The Balaban J connectivity index is 2.34. The lowest BCUT2D eigenvalue weighted by Gasteiger charge is -2.14. The average molecular weight is 353 g/mol. The molecule has 0 saturated carbocycles. The van der Waals surface area contributed by atoms with Crippen LogP contribution in [0.1, 0.15) is 35.7 Å². The zero-order chi connectivity index (χ0) is 19.0. The number of aromatic carboxylic acids is 1. The maximum atomic E-state index is 11.4. The Morgan fingerprint density at radius 1 is 1.04 bits per heavy atom. The van der Waals surface area contributed by atoms with Gasteiger partial charge >= 0.3 is 5.97 Å². The van der Waals surface area contributed by atoms with E-state index in [0.717, 1.165) is 27.7 Å². The van der Waals surface area contributed by atoms with E-state index in [2.05, 4.69) is 18.4 Å². The Labute approximate surface area is 152 Å². The fourth-order valence-corrected chi connectivity index (χ4v) is 3.52. The van der Waals surface area contributed by atoms with Crippen molar-refractivity contribution in [1.82, 2.24) is 4.57 Å². The lowest BCUT2D eigenvalue weighted by atomic mass is 9.95. The van der Waals surface area contributed by atoms with E-state index >= 15 is 0 Å². The molecule has 1 aromatic heterocycles. The summed E-state index contributed by atoms with van der Waals surface area (Å²) in [6.45, 7) is 4.24. The Kier molecular flexibility index (Phi) is 4.64. The number of aryl methyl sites for hydroxylation is 1. The second-order valence-electron chi connectivity index (χ2n) is 6.58. The monoisotopic (exact) mass is 353 g/mol. The molecule has 0 spiro atoms. The minimum Gasteiger partial charge on any atom is -0.493 e. The van der Waals surface area contributed by atoms with Crippen molar-refractivity contribution in [3.8, 4) is 22.8 Å². The summed E-state index contributed by atoms with van der Waals surface area (Å²) in [6, 6.07) is 11.1. The number of benzene rings is 2. The number of hydrogen-bond donors (Lipinski definition) is 1. The summed E-state index contributed by atoms with van der Waals surface area (Å²) in [6.07, 6.45) is 0. The summed E-state index contributed by atoms with van der Waals surface area (Å²) in [4.78, 5) is 11.4. The predicted molar refractivity (Wildman–Crippen MR) is 103 cm³/mol. The second-order valence-corrected chi connectivity index (χ2v) is 6.58. The van der Waals surface area contributed by atoms with Crippen LogP contribution < -0.4 is 9.47 Å². The summed E-state index contributed by atoms with van der Waals surface area (Å²) in [7, 11) is 5.23. The van der Waals surface area contributed by atoms with Crippen LogP contribution >= 0.6 is 0 Å². The Morgan fingerprint density at radius 2 is 1.73 bits per heavy atom. The molecule has 5 heteroatoms. The zero-order valence-corrected chi connectivity index (χ0v) is 15.7. The van der Waals surface area contributed by atoms with Crippen LogP contribution in [-0.4, -0.2) is 29.9 Å². The second kappa shape index (κ2) is 6.75. The number of carbonyl (C=O) groups is 1. The molecule has 3 rings (SSSR count). The summed E-state index contributed by atoms with van der Waals surface area (Å²) in [5.74, 6) is 0.648. The molecule has 0 aliphatic rings. The van der Waals surface area contributed by atoms with Gasteiger partial charge in [-0.2, -0.15) is 0 Å². The third-order valence-corrected chi connectivity index (χ3v) is 4.72. The van der Waals surface area contributed by atoms with Gasteiger partial charge in [-0.05, 0) is 47.9 Å². The van der Waals surface area contributed by atoms with Crippen molar-refractivity contribution in [1.29, 1.82) is 0 Å². The maximum Gasteiger partial charge on any atom is 0.335 e. The molecule has 0 saturated heterocycles. The summed E-state index contributed by atoms with van der Waals surface area (Å²) < 4.78 is 12.9. The first-order valence-corrected chi connectivity index (χ1v) is 8.47. The average Bonchev–Trinajstić information content (AvgIpc) is 2.93. The van der Waals surface area contributed by atoms with Gasteiger partial charge in [-0.1, -0.05) is 13.8 Å². The van der Waals surface area contributed by atoms with Crippen LogP contribution in [0.15, 0.2) is 36.4 Å². The van der Waals surface area contributed by atoms with Crippen molar-refractivity contribution < 1.29 is 19.4 Å². The number of fused-ring (bicyclic) bond motifs is 1. The van der Waals surface area contributed by atoms with Crippen LogP contribution in [0.5, 0.6) is 11.5 Å². The first kappa shape index (κ1) is 17.9. The number of nitrogens with zero attached hydrogens (tertiary/aromatic N) is 1. The summed E-state index contributed by atoms with van der Waals surface area (Å²) in [5.41, 5.74) is 4.48. The minimum atomic E-state index is -0.918. The van der Waals surface area contributed by atoms with Crippen molar-refractivity contribution in [2.24, 2.45) is 7.05 Å². The maximum absolute atomic E-state index is 11.4.